The molecule has 0 saturated heterocycles. The van der Waals surface area contributed by atoms with Gasteiger partial charge in [0.2, 0.25) is 11.9 Å². The molecule has 0 aliphatic carbocycles. The molecule has 0 saturated carbocycles. The summed E-state index contributed by atoms with van der Waals surface area (Å²) in [5.41, 5.74) is 0. The zero-order valence-electron chi connectivity index (χ0n) is 10.5. The quantitative estimate of drug-likeness (QED) is 0.588. The second kappa shape index (κ2) is 7.68. The molecule has 104 valence electrons. The summed E-state index contributed by atoms with van der Waals surface area (Å²) in [6, 6.07) is 2.03. The molecular formula is C10H14F2N6S. The molecule has 0 aliphatic rings. The third kappa shape index (κ3) is 6.15. The fourth-order valence-electron chi connectivity index (χ4n) is 1.12. The van der Waals surface area contributed by atoms with E-state index in [1.54, 1.807) is 0 Å². The molecule has 0 aromatic carbocycles. The van der Waals surface area contributed by atoms with Crippen LogP contribution in [-0.2, 0) is 0 Å². The molecule has 9 heteroatoms. The second-order valence-corrected chi connectivity index (χ2v) is 4.73. The van der Waals surface area contributed by atoms with Gasteiger partial charge in [-0.25, -0.2) is 0 Å². The van der Waals surface area contributed by atoms with Gasteiger partial charge in [0.05, 0.1) is 12.5 Å². The van der Waals surface area contributed by atoms with Crippen LogP contribution >= 0.6 is 11.8 Å². The maximum Gasteiger partial charge on any atom is 0.291 e. The Bertz CT molecular complexity index is 420. The van der Waals surface area contributed by atoms with Gasteiger partial charge < -0.3 is 10.6 Å². The average molecular weight is 288 g/mol. The molecule has 0 unspecified atom stereocenters. The molecule has 1 rings (SSSR count). The van der Waals surface area contributed by atoms with Crippen molar-refractivity contribution >= 4 is 23.7 Å². The highest BCUT2D eigenvalue weighted by Crippen LogP contribution is 2.23. The first-order chi connectivity index (χ1) is 9.01. The minimum absolute atomic E-state index is 0.0624. The topological polar surface area (TPSA) is 86.5 Å². The van der Waals surface area contributed by atoms with Crippen LogP contribution in [0.3, 0.4) is 0 Å². The molecule has 0 spiro atoms. The summed E-state index contributed by atoms with van der Waals surface area (Å²) >= 11 is 0.252. The summed E-state index contributed by atoms with van der Waals surface area (Å²) in [4.78, 5) is 11.8. The largest absolute Gasteiger partial charge is 0.353 e. The molecule has 19 heavy (non-hydrogen) atoms. The van der Waals surface area contributed by atoms with Crippen LogP contribution in [0.2, 0.25) is 0 Å². The van der Waals surface area contributed by atoms with E-state index in [1.165, 1.54) is 0 Å². The Kier molecular flexibility index (Phi) is 6.21. The van der Waals surface area contributed by atoms with Crippen molar-refractivity contribution in [3.05, 3.63) is 0 Å². The highest BCUT2D eigenvalue weighted by Gasteiger charge is 2.12. The standard InChI is InChI=1S/C10H14F2N6S/c1-6(2)15-9-16-8(14-5-3-4-13)17-10(18-9)19-7(11)12/h6-7H,3,5H2,1-2H3,(H2,14,15,16,17,18). The van der Waals surface area contributed by atoms with E-state index in [-0.39, 0.29) is 41.3 Å². The van der Waals surface area contributed by atoms with Crippen LogP contribution in [0, 0.1) is 11.3 Å². The zero-order valence-corrected chi connectivity index (χ0v) is 11.3. The number of nitrogens with zero attached hydrogens (tertiary/aromatic N) is 4. The maximum absolute atomic E-state index is 12.3. The molecule has 1 aromatic rings. The van der Waals surface area contributed by atoms with Crippen LogP contribution in [0.15, 0.2) is 5.16 Å². The highest BCUT2D eigenvalue weighted by molar-refractivity contribution is 7.99. The summed E-state index contributed by atoms with van der Waals surface area (Å²) in [5.74, 6) is -2.19. The number of aromatic nitrogens is 3. The van der Waals surface area contributed by atoms with Crippen LogP contribution in [0.4, 0.5) is 20.7 Å². The Morgan fingerprint density at radius 3 is 2.53 bits per heavy atom. The van der Waals surface area contributed by atoms with Crippen molar-refractivity contribution in [3.8, 4) is 6.07 Å². The van der Waals surface area contributed by atoms with Gasteiger partial charge in [0.15, 0.2) is 5.16 Å². The number of nitriles is 1. The van der Waals surface area contributed by atoms with E-state index in [4.69, 9.17) is 5.26 Å². The van der Waals surface area contributed by atoms with Crippen LogP contribution in [0.5, 0.6) is 0 Å². The first-order valence-corrected chi connectivity index (χ1v) is 6.47. The number of alkyl halides is 2. The van der Waals surface area contributed by atoms with Crippen LogP contribution in [0.1, 0.15) is 20.3 Å². The van der Waals surface area contributed by atoms with Crippen molar-refractivity contribution in [1.29, 1.82) is 5.26 Å². The van der Waals surface area contributed by atoms with Crippen molar-refractivity contribution in [3.63, 3.8) is 0 Å². The molecule has 0 bridgehead atoms. The Morgan fingerprint density at radius 2 is 1.95 bits per heavy atom. The molecule has 0 atom stereocenters. The maximum atomic E-state index is 12.3. The lowest BCUT2D eigenvalue weighted by molar-refractivity contribution is 0.251. The van der Waals surface area contributed by atoms with E-state index in [9.17, 15) is 8.78 Å². The number of rotatable bonds is 7. The summed E-state index contributed by atoms with van der Waals surface area (Å²) in [7, 11) is 0. The molecule has 1 heterocycles. The van der Waals surface area contributed by atoms with Gasteiger partial charge in [-0.1, -0.05) is 0 Å². The minimum Gasteiger partial charge on any atom is -0.353 e. The lowest BCUT2D eigenvalue weighted by Gasteiger charge is -2.11. The van der Waals surface area contributed by atoms with E-state index in [0.717, 1.165) is 0 Å². The lowest BCUT2D eigenvalue weighted by atomic mass is 10.4. The first-order valence-electron chi connectivity index (χ1n) is 5.59. The molecule has 6 nitrogen and oxygen atoms in total. The summed E-state index contributed by atoms with van der Waals surface area (Å²) in [6.45, 7) is 4.11. The van der Waals surface area contributed by atoms with E-state index in [2.05, 4.69) is 25.6 Å². The van der Waals surface area contributed by atoms with Crippen molar-refractivity contribution in [2.45, 2.75) is 37.2 Å². The molecule has 0 radical (unpaired) electrons. The second-order valence-electron chi connectivity index (χ2n) is 3.78. The predicted molar refractivity (Wildman–Crippen MR) is 69.2 cm³/mol. The average Bonchev–Trinajstić information content (AvgIpc) is 2.27. The fraction of sp³-hybridized carbons (Fsp3) is 0.600. The predicted octanol–water partition coefficient (Wildman–Crippen LogP) is 2.33. The van der Waals surface area contributed by atoms with E-state index in [0.29, 0.717) is 6.54 Å². The van der Waals surface area contributed by atoms with Gasteiger partial charge in [0.1, 0.15) is 0 Å². The van der Waals surface area contributed by atoms with Gasteiger partial charge in [-0.3, -0.25) is 0 Å². The SMILES string of the molecule is CC(C)Nc1nc(NCCC#N)nc(SC(F)F)n1. The Labute approximate surface area is 114 Å². The minimum atomic E-state index is -2.60. The zero-order chi connectivity index (χ0) is 14.3. The van der Waals surface area contributed by atoms with Crippen LogP contribution in [0.25, 0.3) is 0 Å². The molecule has 0 amide bonds. The van der Waals surface area contributed by atoms with Gasteiger partial charge >= 0.3 is 0 Å². The molecule has 2 N–H and O–H groups in total. The Hall–Kier alpha value is -1.69. The number of hydrogen-bond acceptors (Lipinski definition) is 7. The first kappa shape index (κ1) is 15.4. The third-order valence-corrected chi connectivity index (χ3v) is 2.32. The van der Waals surface area contributed by atoms with Gasteiger partial charge in [-0.2, -0.15) is 29.0 Å². The number of anilines is 2. The van der Waals surface area contributed by atoms with Gasteiger partial charge in [-0.05, 0) is 25.6 Å². The van der Waals surface area contributed by atoms with Gasteiger partial charge in [-0.15, -0.1) is 0 Å². The Balaban J connectivity index is 2.85. The third-order valence-electron chi connectivity index (χ3n) is 1.75. The van der Waals surface area contributed by atoms with E-state index >= 15 is 0 Å². The van der Waals surface area contributed by atoms with Gasteiger partial charge in [0, 0.05) is 12.6 Å². The van der Waals surface area contributed by atoms with Crippen molar-refractivity contribution in [2.24, 2.45) is 0 Å². The smallest absolute Gasteiger partial charge is 0.291 e. The monoisotopic (exact) mass is 288 g/mol. The van der Waals surface area contributed by atoms with E-state index < -0.39 is 5.76 Å². The van der Waals surface area contributed by atoms with E-state index in [1.807, 2.05) is 19.9 Å². The van der Waals surface area contributed by atoms with Crippen molar-refractivity contribution < 1.29 is 8.78 Å². The van der Waals surface area contributed by atoms with Crippen molar-refractivity contribution in [1.82, 2.24) is 15.0 Å². The summed E-state index contributed by atoms with van der Waals surface area (Å²) in [5, 5.41) is 14.1. The number of nitrogens with one attached hydrogen (secondary N) is 2. The summed E-state index contributed by atoms with van der Waals surface area (Å²) < 4.78 is 24.7. The number of hydrogen-bond donors (Lipinski definition) is 2. The molecule has 0 aliphatic heterocycles. The molecule has 1 aromatic heterocycles. The lowest BCUT2D eigenvalue weighted by Crippen LogP contribution is -2.15. The van der Waals surface area contributed by atoms with Gasteiger partial charge in [0.25, 0.3) is 5.76 Å². The normalized spacial score (nSPS) is 10.6. The number of halogens is 2. The van der Waals surface area contributed by atoms with Crippen molar-refractivity contribution in [2.75, 3.05) is 17.2 Å². The Morgan fingerprint density at radius 1 is 1.26 bits per heavy atom. The molecular weight excluding hydrogens is 274 g/mol. The van der Waals surface area contributed by atoms with Crippen LogP contribution in [-0.4, -0.2) is 33.3 Å². The van der Waals surface area contributed by atoms with Crippen LogP contribution < -0.4 is 10.6 Å². The highest BCUT2D eigenvalue weighted by atomic mass is 32.2. The summed E-state index contributed by atoms with van der Waals surface area (Å²) in [6.07, 6.45) is 0.274. The fourth-order valence-corrected chi connectivity index (χ4v) is 1.56. The number of thioether (sulfide) groups is 1. The molecule has 0 fully saturated rings.